The number of aliphatic hydroxyl groups is 1. The van der Waals surface area contributed by atoms with Crippen LogP contribution in [0.3, 0.4) is 0 Å². The maximum absolute atomic E-state index is 9.19. The number of hydrogen-bond donors (Lipinski definition) is 1. The zero-order valence-electron chi connectivity index (χ0n) is 10.5. The van der Waals surface area contributed by atoms with Gasteiger partial charge in [0.2, 0.25) is 0 Å². The molecular weight excluding hydrogens is 196 g/mol. The Kier molecular flexibility index (Phi) is 3.25. The monoisotopic (exact) mass is 220 g/mol. The Morgan fingerprint density at radius 1 is 1.50 bits per heavy atom. The summed E-state index contributed by atoms with van der Waals surface area (Å²) in [5.74, 6) is 1.20. The van der Waals surface area contributed by atoms with Gasteiger partial charge in [-0.1, -0.05) is 25.7 Å². The summed E-state index contributed by atoms with van der Waals surface area (Å²) in [6.07, 6.45) is 7.54. The van der Waals surface area contributed by atoms with Gasteiger partial charge in [0.05, 0.1) is 6.61 Å². The molecular formula is C15H24O. The lowest BCUT2D eigenvalue weighted by molar-refractivity contribution is 0.0800. The first-order chi connectivity index (χ1) is 7.57. The number of rotatable bonds is 2. The normalized spacial score (nSPS) is 39.2. The van der Waals surface area contributed by atoms with Gasteiger partial charge in [-0.2, -0.15) is 0 Å². The van der Waals surface area contributed by atoms with E-state index in [1.165, 1.54) is 44.1 Å². The van der Waals surface area contributed by atoms with Crippen molar-refractivity contribution in [1.82, 2.24) is 0 Å². The standard InChI is InChI=1S/C15H24O/c1-11-5-4-7-15(3)8-6-13(9-14(11)15)12(2)10-16/h13-14,16H,1-2,4-10H2,3H3/t13-,14+,15-/m1/s1. The second-order valence-electron chi connectivity index (χ2n) is 6.01. The lowest BCUT2D eigenvalue weighted by atomic mass is 9.56. The van der Waals surface area contributed by atoms with Crippen molar-refractivity contribution in [3.63, 3.8) is 0 Å². The molecule has 0 radical (unpaired) electrons. The van der Waals surface area contributed by atoms with Crippen LogP contribution in [0.1, 0.15) is 45.4 Å². The molecule has 2 fully saturated rings. The van der Waals surface area contributed by atoms with Crippen molar-refractivity contribution in [3.05, 3.63) is 24.3 Å². The van der Waals surface area contributed by atoms with Crippen LogP contribution < -0.4 is 0 Å². The zero-order valence-corrected chi connectivity index (χ0v) is 10.5. The molecule has 0 aromatic carbocycles. The predicted octanol–water partition coefficient (Wildman–Crippen LogP) is 3.70. The van der Waals surface area contributed by atoms with Crippen LogP contribution in [0.2, 0.25) is 0 Å². The van der Waals surface area contributed by atoms with Crippen molar-refractivity contribution in [2.24, 2.45) is 17.3 Å². The molecule has 1 N–H and O–H groups in total. The zero-order chi connectivity index (χ0) is 11.8. The SMILES string of the molecule is C=C(CO)[C@@H]1CC[C@@]2(C)CCCC(=C)[C@@H]2C1. The molecule has 0 spiro atoms. The van der Waals surface area contributed by atoms with Gasteiger partial charge in [0.1, 0.15) is 0 Å². The molecule has 2 aliphatic rings. The van der Waals surface area contributed by atoms with Crippen LogP contribution in [0, 0.1) is 17.3 Å². The quantitative estimate of drug-likeness (QED) is 0.704. The fourth-order valence-corrected chi connectivity index (χ4v) is 3.72. The minimum Gasteiger partial charge on any atom is -0.392 e. The minimum absolute atomic E-state index is 0.153. The highest BCUT2D eigenvalue weighted by Crippen LogP contribution is 2.54. The topological polar surface area (TPSA) is 20.2 Å². The molecule has 16 heavy (non-hydrogen) atoms. The summed E-state index contributed by atoms with van der Waals surface area (Å²) in [7, 11) is 0. The molecule has 0 saturated heterocycles. The van der Waals surface area contributed by atoms with Crippen LogP contribution in [0.15, 0.2) is 24.3 Å². The van der Waals surface area contributed by atoms with Crippen LogP contribution >= 0.6 is 0 Å². The average molecular weight is 220 g/mol. The summed E-state index contributed by atoms with van der Waals surface area (Å²) in [6.45, 7) is 10.9. The molecule has 90 valence electrons. The summed E-state index contributed by atoms with van der Waals surface area (Å²) in [5.41, 5.74) is 2.96. The highest BCUT2D eigenvalue weighted by Gasteiger charge is 2.43. The third-order valence-corrected chi connectivity index (χ3v) is 4.94. The Morgan fingerprint density at radius 2 is 2.25 bits per heavy atom. The van der Waals surface area contributed by atoms with E-state index in [0.29, 0.717) is 17.3 Å². The van der Waals surface area contributed by atoms with Gasteiger partial charge in [-0.05, 0) is 61.3 Å². The summed E-state index contributed by atoms with van der Waals surface area (Å²) >= 11 is 0. The van der Waals surface area contributed by atoms with Gasteiger partial charge in [0, 0.05) is 0 Å². The summed E-state index contributed by atoms with van der Waals surface area (Å²) in [6, 6.07) is 0. The van der Waals surface area contributed by atoms with E-state index in [1.807, 2.05) is 0 Å². The molecule has 2 rings (SSSR count). The molecule has 0 amide bonds. The van der Waals surface area contributed by atoms with E-state index in [1.54, 1.807) is 0 Å². The van der Waals surface area contributed by atoms with E-state index in [0.717, 1.165) is 5.57 Å². The van der Waals surface area contributed by atoms with E-state index < -0.39 is 0 Å². The Morgan fingerprint density at radius 3 is 2.94 bits per heavy atom. The largest absolute Gasteiger partial charge is 0.392 e. The molecule has 1 nitrogen and oxygen atoms in total. The molecule has 0 aromatic heterocycles. The van der Waals surface area contributed by atoms with Crippen molar-refractivity contribution < 1.29 is 5.11 Å². The van der Waals surface area contributed by atoms with Crippen LogP contribution in [-0.4, -0.2) is 11.7 Å². The number of allylic oxidation sites excluding steroid dienone is 1. The third-order valence-electron chi connectivity index (χ3n) is 4.94. The summed E-state index contributed by atoms with van der Waals surface area (Å²) < 4.78 is 0. The van der Waals surface area contributed by atoms with Gasteiger partial charge in [-0.25, -0.2) is 0 Å². The maximum Gasteiger partial charge on any atom is 0.0641 e. The number of fused-ring (bicyclic) bond motifs is 1. The first-order valence-corrected chi connectivity index (χ1v) is 6.53. The van der Waals surface area contributed by atoms with Crippen molar-refractivity contribution in [2.75, 3.05) is 6.61 Å². The van der Waals surface area contributed by atoms with Crippen molar-refractivity contribution in [2.45, 2.75) is 45.4 Å². The Hall–Kier alpha value is -0.560. The van der Waals surface area contributed by atoms with Crippen LogP contribution in [0.4, 0.5) is 0 Å². The summed E-state index contributed by atoms with van der Waals surface area (Å²) in [5, 5.41) is 9.19. The number of hydrogen-bond acceptors (Lipinski definition) is 1. The van der Waals surface area contributed by atoms with Gasteiger partial charge in [-0.3, -0.25) is 0 Å². The minimum atomic E-state index is 0.153. The molecule has 1 heteroatoms. The van der Waals surface area contributed by atoms with Crippen LogP contribution in [0.5, 0.6) is 0 Å². The van der Waals surface area contributed by atoms with E-state index in [4.69, 9.17) is 0 Å². The molecule has 3 atom stereocenters. The Balaban J connectivity index is 2.12. The molecule has 2 saturated carbocycles. The van der Waals surface area contributed by atoms with Gasteiger partial charge >= 0.3 is 0 Å². The van der Waals surface area contributed by atoms with Crippen LogP contribution in [-0.2, 0) is 0 Å². The van der Waals surface area contributed by atoms with E-state index >= 15 is 0 Å². The summed E-state index contributed by atoms with van der Waals surface area (Å²) in [4.78, 5) is 0. The van der Waals surface area contributed by atoms with E-state index in [-0.39, 0.29) is 6.61 Å². The number of aliphatic hydroxyl groups excluding tert-OH is 1. The molecule has 0 bridgehead atoms. The van der Waals surface area contributed by atoms with Crippen molar-refractivity contribution >= 4 is 0 Å². The highest BCUT2D eigenvalue weighted by atomic mass is 16.3. The Labute approximate surface area is 99.3 Å². The fraction of sp³-hybridized carbons (Fsp3) is 0.733. The first-order valence-electron chi connectivity index (χ1n) is 6.53. The molecule has 0 aromatic rings. The van der Waals surface area contributed by atoms with Gasteiger partial charge in [0.15, 0.2) is 0 Å². The van der Waals surface area contributed by atoms with Gasteiger partial charge in [-0.15, -0.1) is 0 Å². The smallest absolute Gasteiger partial charge is 0.0641 e. The second-order valence-corrected chi connectivity index (χ2v) is 6.01. The third kappa shape index (κ3) is 1.98. The predicted molar refractivity (Wildman–Crippen MR) is 68.2 cm³/mol. The van der Waals surface area contributed by atoms with Crippen molar-refractivity contribution in [1.29, 1.82) is 0 Å². The lowest BCUT2D eigenvalue weighted by Crippen LogP contribution is -2.38. The van der Waals surface area contributed by atoms with Gasteiger partial charge < -0.3 is 5.11 Å². The molecule has 0 unspecified atom stereocenters. The van der Waals surface area contributed by atoms with Crippen LogP contribution in [0.25, 0.3) is 0 Å². The average Bonchev–Trinajstić information content (AvgIpc) is 2.27. The maximum atomic E-state index is 9.19. The van der Waals surface area contributed by atoms with Gasteiger partial charge in [0.25, 0.3) is 0 Å². The molecule has 0 aliphatic heterocycles. The van der Waals surface area contributed by atoms with E-state index in [2.05, 4.69) is 20.1 Å². The molecule has 0 heterocycles. The second kappa shape index (κ2) is 4.37. The molecule has 2 aliphatic carbocycles. The van der Waals surface area contributed by atoms with E-state index in [9.17, 15) is 5.11 Å². The fourth-order valence-electron chi connectivity index (χ4n) is 3.72. The highest BCUT2D eigenvalue weighted by molar-refractivity contribution is 5.15. The van der Waals surface area contributed by atoms with Crippen molar-refractivity contribution in [3.8, 4) is 0 Å². The Bertz CT molecular complexity index is 305. The first kappa shape index (κ1) is 11.9. The lowest BCUT2D eigenvalue weighted by Gasteiger charge is -2.49.